The molecule has 2 rings (SSSR count). The van der Waals surface area contributed by atoms with Crippen LogP contribution in [0, 0.1) is 0 Å². The molecule has 1 aliphatic carbocycles. The summed E-state index contributed by atoms with van der Waals surface area (Å²) in [5, 5.41) is 3.32. The van der Waals surface area contributed by atoms with Gasteiger partial charge in [0, 0.05) is 17.7 Å². The molecule has 7 heteroatoms. The van der Waals surface area contributed by atoms with E-state index in [9.17, 15) is 9.59 Å². The quantitative estimate of drug-likeness (QED) is 0.780. The van der Waals surface area contributed by atoms with Crippen LogP contribution in [0.3, 0.4) is 0 Å². The van der Waals surface area contributed by atoms with Gasteiger partial charge < -0.3 is 19.5 Å². The number of carbonyl (C=O) groups is 2. The fourth-order valence-electron chi connectivity index (χ4n) is 3.27. The number of benzene rings is 1. The highest BCUT2D eigenvalue weighted by molar-refractivity contribution is 6.31. The van der Waals surface area contributed by atoms with E-state index in [1.54, 1.807) is 25.3 Å². The van der Waals surface area contributed by atoms with Crippen molar-refractivity contribution in [1.82, 2.24) is 5.32 Å². The average Bonchev–Trinajstić information content (AvgIpc) is 2.63. The van der Waals surface area contributed by atoms with Crippen molar-refractivity contribution in [2.75, 3.05) is 21.3 Å². The Bertz CT molecular complexity index is 626. The number of hydrogen-bond donors (Lipinski definition) is 1. The molecule has 1 fully saturated rings. The molecule has 1 amide bonds. The zero-order valence-corrected chi connectivity index (χ0v) is 15.5. The number of ether oxygens (including phenoxy) is 3. The lowest BCUT2D eigenvalue weighted by Crippen LogP contribution is -2.57. The summed E-state index contributed by atoms with van der Waals surface area (Å²) in [7, 11) is 4.50. The van der Waals surface area contributed by atoms with Crippen LogP contribution in [0.2, 0.25) is 5.02 Å². The summed E-state index contributed by atoms with van der Waals surface area (Å²) < 4.78 is 15.5. The highest BCUT2D eigenvalue weighted by Crippen LogP contribution is 2.32. The van der Waals surface area contributed by atoms with Crippen molar-refractivity contribution >= 4 is 23.5 Å². The summed E-state index contributed by atoms with van der Waals surface area (Å²) in [6, 6.07) is 5.20. The summed E-state index contributed by atoms with van der Waals surface area (Å²) in [5.74, 6) is -0.188. The van der Waals surface area contributed by atoms with Crippen LogP contribution in [0.4, 0.5) is 0 Å². The minimum atomic E-state index is -1.02. The normalized spacial score (nSPS) is 23.0. The Morgan fingerprint density at radius 2 is 1.92 bits per heavy atom. The minimum absolute atomic E-state index is 0.0231. The number of amides is 1. The van der Waals surface area contributed by atoms with E-state index in [1.165, 1.54) is 14.2 Å². The number of esters is 1. The molecular formula is C18H24ClNO5. The third-order valence-electron chi connectivity index (χ3n) is 4.71. The van der Waals surface area contributed by atoms with Crippen molar-refractivity contribution in [3.05, 3.63) is 28.8 Å². The Morgan fingerprint density at radius 3 is 2.48 bits per heavy atom. The van der Waals surface area contributed by atoms with E-state index in [1.807, 2.05) is 0 Å². The lowest BCUT2D eigenvalue weighted by atomic mass is 9.80. The lowest BCUT2D eigenvalue weighted by molar-refractivity contribution is -0.153. The molecule has 0 aliphatic heterocycles. The van der Waals surface area contributed by atoms with E-state index in [4.69, 9.17) is 25.8 Å². The predicted molar refractivity (Wildman–Crippen MR) is 93.9 cm³/mol. The van der Waals surface area contributed by atoms with E-state index in [2.05, 4.69) is 5.32 Å². The van der Waals surface area contributed by atoms with Gasteiger partial charge in [-0.2, -0.15) is 0 Å². The standard InChI is InChI=1S/C18H24ClNO5/c1-23-12-7-9-18(10-8-12,17(22)25-3)20-16(21)11-13-14(19)5-4-6-15(13)24-2/h4-6,12H,7-11H2,1-3H3,(H,20,21). The topological polar surface area (TPSA) is 73.9 Å². The molecule has 0 radical (unpaired) electrons. The molecule has 1 N–H and O–H groups in total. The van der Waals surface area contributed by atoms with Gasteiger partial charge in [0.2, 0.25) is 5.91 Å². The summed E-state index contributed by atoms with van der Waals surface area (Å²) in [5.41, 5.74) is -0.426. The molecule has 0 aromatic heterocycles. The molecule has 1 saturated carbocycles. The van der Waals surface area contributed by atoms with Crippen molar-refractivity contribution in [2.24, 2.45) is 0 Å². The Hall–Kier alpha value is -1.79. The van der Waals surface area contributed by atoms with Gasteiger partial charge in [-0.3, -0.25) is 4.79 Å². The summed E-state index contributed by atoms with van der Waals surface area (Å²) in [6.45, 7) is 0. The van der Waals surface area contributed by atoms with Gasteiger partial charge in [-0.25, -0.2) is 4.79 Å². The first-order valence-corrected chi connectivity index (χ1v) is 8.57. The van der Waals surface area contributed by atoms with Crippen molar-refractivity contribution in [3.8, 4) is 5.75 Å². The van der Waals surface area contributed by atoms with Crippen LogP contribution in [-0.4, -0.2) is 44.8 Å². The van der Waals surface area contributed by atoms with Crippen molar-refractivity contribution in [1.29, 1.82) is 0 Å². The van der Waals surface area contributed by atoms with Gasteiger partial charge in [-0.15, -0.1) is 0 Å². The van der Waals surface area contributed by atoms with Crippen LogP contribution in [0.5, 0.6) is 5.75 Å². The molecule has 0 heterocycles. The maximum absolute atomic E-state index is 12.6. The SMILES string of the molecule is COC(=O)C1(NC(=O)Cc2c(Cl)cccc2OC)CCC(OC)CC1. The Kier molecular flexibility index (Phi) is 6.67. The fourth-order valence-corrected chi connectivity index (χ4v) is 3.50. The summed E-state index contributed by atoms with van der Waals surface area (Å²) >= 11 is 6.19. The number of nitrogens with one attached hydrogen (secondary N) is 1. The van der Waals surface area contributed by atoms with Crippen molar-refractivity contribution in [3.63, 3.8) is 0 Å². The van der Waals surface area contributed by atoms with Gasteiger partial charge in [0.25, 0.3) is 0 Å². The second kappa shape index (κ2) is 8.54. The van der Waals surface area contributed by atoms with E-state index < -0.39 is 11.5 Å². The Morgan fingerprint density at radius 1 is 1.24 bits per heavy atom. The van der Waals surface area contributed by atoms with E-state index >= 15 is 0 Å². The Labute approximate surface area is 152 Å². The molecule has 0 unspecified atom stereocenters. The van der Waals surface area contributed by atoms with Gasteiger partial charge in [0.15, 0.2) is 0 Å². The van der Waals surface area contributed by atoms with Crippen LogP contribution < -0.4 is 10.1 Å². The van der Waals surface area contributed by atoms with Crippen molar-refractivity contribution < 1.29 is 23.8 Å². The molecule has 6 nitrogen and oxygen atoms in total. The molecule has 0 saturated heterocycles. The maximum Gasteiger partial charge on any atom is 0.331 e. The largest absolute Gasteiger partial charge is 0.496 e. The maximum atomic E-state index is 12.6. The zero-order valence-electron chi connectivity index (χ0n) is 14.8. The molecular weight excluding hydrogens is 346 g/mol. The molecule has 1 aliphatic rings. The van der Waals surface area contributed by atoms with Gasteiger partial charge >= 0.3 is 5.97 Å². The van der Waals surface area contributed by atoms with Crippen LogP contribution in [-0.2, 0) is 25.5 Å². The minimum Gasteiger partial charge on any atom is -0.496 e. The number of hydrogen-bond acceptors (Lipinski definition) is 5. The number of methoxy groups -OCH3 is 3. The lowest BCUT2D eigenvalue weighted by Gasteiger charge is -2.38. The first kappa shape index (κ1) is 19.5. The Balaban J connectivity index is 2.15. The molecule has 0 spiro atoms. The van der Waals surface area contributed by atoms with E-state index in [0.717, 1.165) is 0 Å². The zero-order chi connectivity index (χ0) is 18.4. The first-order chi connectivity index (χ1) is 12.0. The first-order valence-electron chi connectivity index (χ1n) is 8.19. The van der Waals surface area contributed by atoms with E-state index in [-0.39, 0.29) is 18.4 Å². The van der Waals surface area contributed by atoms with Gasteiger partial charge in [-0.05, 0) is 37.8 Å². The highest BCUT2D eigenvalue weighted by Gasteiger charge is 2.44. The predicted octanol–water partition coefficient (Wildman–Crippen LogP) is 2.51. The molecule has 0 bridgehead atoms. The third-order valence-corrected chi connectivity index (χ3v) is 5.06. The second-order valence-corrected chi connectivity index (χ2v) is 6.56. The van der Waals surface area contributed by atoms with Gasteiger partial charge in [0.1, 0.15) is 11.3 Å². The van der Waals surface area contributed by atoms with Crippen LogP contribution in [0.1, 0.15) is 31.2 Å². The highest BCUT2D eigenvalue weighted by atomic mass is 35.5. The van der Waals surface area contributed by atoms with Crippen molar-refractivity contribution in [2.45, 2.75) is 43.7 Å². The van der Waals surface area contributed by atoms with Gasteiger partial charge in [-0.1, -0.05) is 17.7 Å². The summed E-state index contributed by atoms with van der Waals surface area (Å²) in [4.78, 5) is 24.9. The number of carbonyl (C=O) groups excluding carboxylic acids is 2. The second-order valence-electron chi connectivity index (χ2n) is 6.15. The van der Waals surface area contributed by atoms with Crippen LogP contribution >= 0.6 is 11.6 Å². The smallest absolute Gasteiger partial charge is 0.331 e. The van der Waals surface area contributed by atoms with Crippen LogP contribution in [0.25, 0.3) is 0 Å². The van der Waals surface area contributed by atoms with E-state index in [0.29, 0.717) is 42.0 Å². The molecule has 1 aromatic rings. The van der Waals surface area contributed by atoms with Gasteiger partial charge in [0.05, 0.1) is 26.7 Å². The average molecular weight is 370 g/mol. The fraction of sp³-hybridized carbons (Fsp3) is 0.556. The number of halogens is 1. The molecule has 0 atom stereocenters. The molecule has 1 aromatic carbocycles. The molecule has 25 heavy (non-hydrogen) atoms. The number of rotatable bonds is 6. The monoisotopic (exact) mass is 369 g/mol. The third kappa shape index (κ3) is 4.44. The van der Waals surface area contributed by atoms with Crippen LogP contribution in [0.15, 0.2) is 18.2 Å². The molecule has 138 valence electrons. The summed E-state index contributed by atoms with van der Waals surface area (Å²) in [6.07, 6.45) is 2.43.